The topological polar surface area (TPSA) is 56.3 Å². The molecular formula is C16H17NO3. The summed E-state index contributed by atoms with van der Waals surface area (Å²) in [5.74, 6) is -0.481. The molecule has 0 unspecified atom stereocenters. The minimum Gasteiger partial charge on any atom is -0.466 e. The van der Waals surface area contributed by atoms with Crippen LogP contribution in [0.25, 0.3) is 10.9 Å². The zero-order chi connectivity index (χ0) is 14.5. The fraction of sp³-hybridized carbons (Fsp3) is 0.312. The van der Waals surface area contributed by atoms with Crippen molar-refractivity contribution in [2.45, 2.75) is 26.7 Å². The summed E-state index contributed by atoms with van der Waals surface area (Å²) in [4.78, 5) is 27.7. The molecule has 0 saturated carbocycles. The van der Waals surface area contributed by atoms with E-state index in [1.807, 2.05) is 31.2 Å². The Balaban J connectivity index is 2.16. The van der Waals surface area contributed by atoms with Crippen molar-refractivity contribution in [3.63, 3.8) is 0 Å². The van der Waals surface area contributed by atoms with Crippen LogP contribution in [0.5, 0.6) is 0 Å². The number of aromatic nitrogens is 1. The number of hydrogen-bond donors (Lipinski definition) is 0. The normalized spacial score (nSPS) is 10.5. The second kappa shape index (κ2) is 6.28. The number of hydrogen-bond acceptors (Lipinski definition) is 4. The van der Waals surface area contributed by atoms with Crippen molar-refractivity contribution in [2.24, 2.45) is 0 Å². The van der Waals surface area contributed by atoms with Gasteiger partial charge in [0.15, 0.2) is 5.78 Å². The Hall–Kier alpha value is -2.23. The number of carbonyl (C=O) groups excluding carboxylic acids is 2. The summed E-state index contributed by atoms with van der Waals surface area (Å²) in [6.07, 6.45) is 0.226. The predicted molar refractivity (Wildman–Crippen MR) is 76.7 cm³/mol. The van der Waals surface area contributed by atoms with Crippen molar-refractivity contribution in [1.29, 1.82) is 0 Å². The molecule has 2 aromatic rings. The molecule has 0 aliphatic heterocycles. The number of nitrogens with zero attached hydrogens (tertiary/aromatic N) is 1. The molecule has 1 aromatic heterocycles. The van der Waals surface area contributed by atoms with Gasteiger partial charge < -0.3 is 4.74 Å². The number of para-hydroxylation sites is 1. The SMILES string of the molecule is CCOC(=O)CCC(=O)c1cc(C)c2ccccc2n1. The highest BCUT2D eigenvalue weighted by molar-refractivity contribution is 5.98. The Morgan fingerprint density at radius 1 is 1.20 bits per heavy atom. The third-order valence-electron chi connectivity index (χ3n) is 3.07. The monoisotopic (exact) mass is 271 g/mol. The average Bonchev–Trinajstić information content (AvgIpc) is 2.45. The van der Waals surface area contributed by atoms with E-state index in [2.05, 4.69) is 4.98 Å². The van der Waals surface area contributed by atoms with Crippen LogP contribution in [0.2, 0.25) is 0 Å². The maximum absolute atomic E-state index is 12.1. The van der Waals surface area contributed by atoms with Gasteiger partial charge in [-0.05, 0) is 31.5 Å². The lowest BCUT2D eigenvalue weighted by Gasteiger charge is -2.06. The first kappa shape index (κ1) is 14.2. The van der Waals surface area contributed by atoms with E-state index in [-0.39, 0.29) is 24.6 Å². The number of fused-ring (bicyclic) bond motifs is 1. The van der Waals surface area contributed by atoms with E-state index >= 15 is 0 Å². The van der Waals surface area contributed by atoms with Gasteiger partial charge in [0.1, 0.15) is 5.69 Å². The number of Topliss-reactive ketones (excluding diaryl/α,β-unsaturated/α-hetero) is 1. The summed E-state index contributed by atoms with van der Waals surface area (Å²) < 4.78 is 4.81. The third-order valence-corrected chi connectivity index (χ3v) is 3.07. The fourth-order valence-electron chi connectivity index (χ4n) is 2.07. The van der Waals surface area contributed by atoms with Gasteiger partial charge in [0.05, 0.1) is 18.5 Å². The van der Waals surface area contributed by atoms with Crippen molar-refractivity contribution in [1.82, 2.24) is 4.98 Å². The third kappa shape index (κ3) is 3.20. The molecule has 20 heavy (non-hydrogen) atoms. The minimum atomic E-state index is -0.349. The number of aryl methyl sites for hydroxylation is 1. The van der Waals surface area contributed by atoms with Crippen LogP contribution in [-0.2, 0) is 9.53 Å². The lowest BCUT2D eigenvalue weighted by Crippen LogP contribution is -2.09. The molecule has 0 aliphatic rings. The highest BCUT2D eigenvalue weighted by Crippen LogP contribution is 2.18. The highest BCUT2D eigenvalue weighted by Gasteiger charge is 2.12. The highest BCUT2D eigenvalue weighted by atomic mass is 16.5. The molecule has 2 rings (SSSR count). The van der Waals surface area contributed by atoms with Gasteiger partial charge in [-0.1, -0.05) is 18.2 Å². The molecular weight excluding hydrogens is 254 g/mol. The molecule has 0 N–H and O–H groups in total. The Bertz CT molecular complexity index is 649. The Morgan fingerprint density at radius 2 is 1.95 bits per heavy atom. The summed E-state index contributed by atoms with van der Waals surface area (Å²) in [5, 5.41) is 1.04. The van der Waals surface area contributed by atoms with E-state index in [1.165, 1.54) is 0 Å². The molecule has 0 atom stereocenters. The van der Waals surface area contributed by atoms with E-state index in [4.69, 9.17) is 4.74 Å². The van der Waals surface area contributed by atoms with Crippen LogP contribution in [0.1, 0.15) is 35.8 Å². The van der Waals surface area contributed by atoms with Gasteiger partial charge in [0.2, 0.25) is 0 Å². The maximum Gasteiger partial charge on any atom is 0.306 e. The lowest BCUT2D eigenvalue weighted by atomic mass is 10.1. The summed E-state index contributed by atoms with van der Waals surface area (Å²) in [5.41, 5.74) is 2.22. The van der Waals surface area contributed by atoms with Crippen LogP contribution in [-0.4, -0.2) is 23.3 Å². The largest absolute Gasteiger partial charge is 0.466 e. The van der Waals surface area contributed by atoms with Gasteiger partial charge in [0.25, 0.3) is 0 Å². The summed E-state index contributed by atoms with van der Waals surface area (Å²) in [6, 6.07) is 9.46. The van der Waals surface area contributed by atoms with E-state index < -0.39 is 0 Å². The molecule has 1 heterocycles. The molecule has 4 nitrogen and oxygen atoms in total. The molecule has 0 spiro atoms. The molecule has 104 valence electrons. The van der Waals surface area contributed by atoms with Crippen LogP contribution >= 0.6 is 0 Å². The van der Waals surface area contributed by atoms with E-state index in [0.717, 1.165) is 16.5 Å². The molecule has 4 heteroatoms. The van der Waals surface area contributed by atoms with Crippen LogP contribution in [0.3, 0.4) is 0 Å². The predicted octanol–water partition coefficient (Wildman–Crippen LogP) is 3.07. The van der Waals surface area contributed by atoms with Crippen molar-refractivity contribution in [3.8, 4) is 0 Å². The second-order valence-corrected chi connectivity index (χ2v) is 4.57. The standard InChI is InChI=1S/C16H17NO3/c1-3-20-16(19)9-8-15(18)14-10-11(2)12-6-4-5-7-13(12)17-14/h4-7,10H,3,8-9H2,1-2H3. The zero-order valence-corrected chi connectivity index (χ0v) is 11.7. The van der Waals surface area contributed by atoms with Crippen molar-refractivity contribution in [2.75, 3.05) is 6.61 Å². The number of carbonyl (C=O) groups is 2. The molecule has 1 aromatic carbocycles. The van der Waals surface area contributed by atoms with Gasteiger partial charge in [-0.3, -0.25) is 9.59 Å². The molecule has 0 saturated heterocycles. The second-order valence-electron chi connectivity index (χ2n) is 4.57. The molecule has 0 aliphatic carbocycles. The molecule has 0 bridgehead atoms. The average molecular weight is 271 g/mol. The quantitative estimate of drug-likeness (QED) is 0.619. The first-order valence-electron chi connectivity index (χ1n) is 6.67. The van der Waals surface area contributed by atoms with Crippen LogP contribution in [0.15, 0.2) is 30.3 Å². The van der Waals surface area contributed by atoms with Crippen molar-refractivity contribution >= 4 is 22.7 Å². The summed E-state index contributed by atoms with van der Waals surface area (Å²) >= 11 is 0. The van der Waals surface area contributed by atoms with Gasteiger partial charge in [0, 0.05) is 11.8 Å². The Kier molecular flexibility index (Phi) is 4.45. The Morgan fingerprint density at radius 3 is 2.70 bits per heavy atom. The van der Waals surface area contributed by atoms with Gasteiger partial charge in [-0.2, -0.15) is 0 Å². The minimum absolute atomic E-state index is 0.0974. The van der Waals surface area contributed by atoms with E-state index in [0.29, 0.717) is 12.3 Å². The lowest BCUT2D eigenvalue weighted by molar-refractivity contribution is -0.143. The number of pyridine rings is 1. The van der Waals surface area contributed by atoms with E-state index in [1.54, 1.807) is 13.0 Å². The molecule has 0 amide bonds. The number of ketones is 1. The van der Waals surface area contributed by atoms with Crippen LogP contribution in [0, 0.1) is 6.92 Å². The number of rotatable bonds is 5. The summed E-state index contributed by atoms with van der Waals surface area (Å²) in [7, 11) is 0. The van der Waals surface area contributed by atoms with Gasteiger partial charge in [-0.25, -0.2) is 4.98 Å². The first-order chi connectivity index (χ1) is 9.61. The van der Waals surface area contributed by atoms with Crippen LogP contribution < -0.4 is 0 Å². The molecule has 0 radical (unpaired) electrons. The number of esters is 1. The Labute approximate surface area is 117 Å². The van der Waals surface area contributed by atoms with Gasteiger partial charge in [-0.15, -0.1) is 0 Å². The number of benzene rings is 1. The maximum atomic E-state index is 12.1. The van der Waals surface area contributed by atoms with Crippen molar-refractivity contribution < 1.29 is 14.3 Å². The van der Waals surface area contributed by atoms with E-state index in [9.17, 15) is 9.59 Å². The van der Waals surface area contributed by atoms with Crippen LogP contribution in [0.4, 0.5) is 0 Å². The zero-order valence-electron chi connectivity index (χ0n) is 11.7. The first-order valence-corrected chi connectivity index (χ1v) is 6.67. The fourth-order valence-corrected chi connectivity index (χ4v) is 2.07. The number of ether oxygens (including phenoxy) is 1. The smallest absolute Gasteiger partial charge is 0.306 e. The molecule has 0 fully saturated rings. The van der Waals surface area contributed by atoms with Gasteiger partial charge >= 0.3 is 5.97 Å². The van der Waals surface area contributed by atoms with Crippen molar-refractivity contribution in [3.05, 3.63) is 41.6 Å². The summed E-state index contributed by atoms with van der Waals surface area (Å²) in [6.45, 7) is 4.03.